The van der Waals surface area contributed by atoms with Crippen molar-refractivity contribution >= 4 is 9.84 Å². The Morgan fingerprint density at radius 3 is 2.74 bits per heavy atom. The third-order valence-electron chi connectivity index (χ3n) is 3.53. The molecule has 0 aliphatic carbocycles. The molecule has 1 aromatic heterocycles. The zero-order valence-electron chi connectivity index (χ0n) is 11.7. The number of rotatable bonds is 4. The number of fused-ring (bicyclic) bond motifs is 1. The summed E-state index contributed by atoms with van der Waals surface area (Å²) in [5.74, 6) is 0.438. The number of hydrogen-bond acceptors (Lipinski definition) is 5. The molecule has 1 aliphatic rings. The first kappa shape index (κ1) is 14.4. The Kier molecular flexibility index (Phi) is 4.20. The van der Waals surface area contributed by atoms with E-state index < -0.39 is 15.1 Å². The molecule has 1 atom stereocenters. The summed E-state index contributed by atoms with van der Waals surface area (Å²) in [5.41, 5.74) is 3.21. The Morgan fingerprint density at radius 1 is 1.37 bits per heavy atom. The second-order valence-corrected chi connectivity index (χ2v) is 7.47. The molecule has 0 amide bonds. The molecule has 0 radical (unpaired) electrons. The fourth-order valence-electron chi connectivity index (χ4n) is 2.27. The van der Waals surface area contributed by atoms with Crippen LogP contribution < -0.4 is 5.32 Å². The predicted molar refractivity (Wildman–Crippen MR) is 74.7 cm³/mol. The summed E-state index contributed by atoms with van der Waals surface area (Å²) >= 11 is 0. The van der Waals surface area contributed by atoms with Crippen LogP contribution in [0.3, 0.4) is 0 Å². The highest BCUT2D eigenvalue weighted by Gasteiger charge is 2.24. The van der Waals surface area contributed by atoms with Crippen molar-refractivity contribution in [1.29, 1.82) is 0 Å². The molecule has 5 nitrogen and oxygen atoms in total. The van der Waals surface area contributed by atoms with Crippen molar-refractivity contribution in [3.8, 4) is 0 Å². The van der Waals surface area contributed by atoms with Gasteiger partial charge in [0.2, 0.25) is 0 Å². The summed E-state index contributed by atoms with van der Waals surface area (Å²) in [6, 6.07) is 0. The van der Waals surface area contributed by atoms with Crippen LogP contribution in [0.5, 0.6) is 0 Å². The zero-order valence-corrected chi connectivity index (χ0v) is 12.5. The van der Waals surface area contributed by atoms with E-state index in [0.717, 1.165) is 37.2 Å². The largest absolute Gasteiger partial charge is 0.311 e. The van der Waals surface area contributed by atoms with Gasteiger partial charge in [0.05, 0.1) is 5.69 Å². The van der Waals surface area contributed by atoms with Crippen LogP contribution >= 0.6 is 0 Å². The molecule has 2 rings (SSSR count). The van der Waals surface area contributed by atoms with Crippen molar-refractivity contribution < 1.29 is 8.42 Å². The van der Waals surface area contributed by atoms with Crippen LogP contribution in [0.1, 0.15) is 48.3 Å². The van der Waals surface area contributed by atoms with Crippen LogP contribution in [0, 0.1) is 0 Å². The van der Waals surface area contributed by atoms with Gasteiger partial charge in [-0.1, -0.05) is 13.3 Å². The first-order valence-electron chi connectivity index (χ1n) is 6.71. The predicted octanol–water partition coefficient (Wildman–Crippen LogP) is 1.18. The van der Waals surface area contributed by atoms with Crippen LogP contribution in [-0.4, -0.2) is 31.2 Å². The van der Waals surface area contributed by atoms with Crippen molar-refractivity contribution in [3.63, 3.8) is 0 Å². The lowest BCUT2D eigenvalue weighted by molar-refractivity contribution is 0.581. The summed E-state index contributed by atoms with van der Waals surface area (Å²) in [6.45, 7) is 5.41. The minimum absolute atomic E-state index is 0.438. The Morgan fingerprint density at radius 2 is 2.11 bits per heavy atom. The molecule has 1 aliphatic heterocycles. The van der Waals surface area contributed by atoms with E-state index in [-0.39, 0.29) is 0 Å². The first-order valence-corrected chi connectivity index (χ1v) is 8.67. The number of hydrogen-bond donors (Lipinski definition) is 1. The second kappa shape index (κ2) is 5.54. The average Bonchev–Trinajstić information content (AvgIpc) is 2.37. The number of nitrogens with zero attached hydrogens (tertiary/aromatic N) is 2. The van der Waals surface area contributed by atoms with Crippen molar-refractivity contribution in [2.45, 2.75) is 44.9 Å². The van der Waals surface area contributed by atoms with Crippen molar-refractivity contribution in [2.75, 3.05) is 12.8 Å². The molecule has 0 saturated heterocycles. The van der Waals surface area contributed by atoms with Crippen LogP contribution in [0.15, 0.2) is 0 Å². The van der Waals surface area contributed by atoms with E-state index in [1.807, 2.05) is 0 Å². The molecule has 1 N–H and O–H groups in total. The van der Waals surface area contributed by atoms with Gasteiger partial charge in [0, 0.05) is 18.5 Å². The maximum absolute atomic E-state index is 11.7. The highest BCUT2D eigenvalue weighted by atomic mass is 32.2. The second-order valence-electron chi connectivity index (χ2n) is 5.10. The molecule has 106 valence electrons. The van der Waals surface area contributed by atoms with E-state index in [4.69, 9.17) is 0 Å². The SMILES string of the molecule is CCCc1nc(C(C)S(C)(=O)=O)nc2c1CCNC2. The average molecular weight is 283 g/mol. The molecule has 19 heavy (non-hydrogen) atoms. The van der Waals surface area contributed by atoms with Gasteiger partial charge in [-0.05, 0) is 31.9 Å². The molecule has 0 aromatic carbocycles. The standard InChI is InChI=1S/C13H21N3O2S/c1-4-5-11-10-6-7-14-8-12(10)16-13(15-11)9(2)19(3,17)18/h9,14H,4-8H2,1-3H3. The lowest BCUT2D eigenvalue weighted by Crippen LogP contribution is -2.28. The molecule has 0 spiro atoms. The highest BCUT2D eigenvalue weighted by Crippen LogP contribution is 2.23. The van der Waals surface area contributed by atoms with E-state index in [2.05, 4.69) is 22.2 Å². The fourth-order valence-corrected chi connectivity index (χ4v) is 2.76. The van der Waals surface area contributed by atoms with Crippen molar-refractivity contribution in [1.82, 2.24) is 15.3 Å². The van der Waals surface area contributed by atoms with E-state index in [0.29, 0.717) is 12.4 Å². The Balaban J connectivity index is 2.49. The molecular formula is C13H21N3O2S. The fraction of sp³-hybridized carbons (Fsp3) is 0.692. The van der Waals surface area contributed by atoms with E-state index in [9.17, 15) is 8.42 Å². The molecule has 0 fully saturated rings. The minimum Gasteiger partial charge on any atom is -0.311 e. The van der Waals surface area contributed by atoms with Gasteiger partial charge < -0.3 is 5.32 Å². The molecule has 6 heteroatoms. The van der Waals surface area contributed by atoms with Gasteiger partial charge in [-0.15, -0.1) is 0 Å². The number of aryl methyl sites for hydroxylation is 1. The minimum atomic E-state index is -3.16. The third kappa shape index (κ3) is 3.12. The maximum Gasteiger partial charge on any atom is 0.157 e. The quantitative estimate of drug-likeness (QED) is 0.898. The highest BCUT2D eigenvalue weighted by molar-refractivity contribution is 7.90. The van der Waals surface area contributed by atoms with Gasteiger partial charge in [0.15, 0.2) is 9.84 Å². The van der Waals surface area contributed by atoms with Gasteiger partial charge in [-0.3, -0.25) is 0 Å². The van der Waals surface area contributed by atoms with Crippen LogP contribution in [0.4, 0.5) is 0 Å². The number of nitrogens with one attached hydrogen (secondary N) is 1. The normalized spacial score (nSPS) is 17.0. The van der Waals surface area contributed by atoms with Gasteiger partial charge in [0.1, 0.15) is 11.1 Å². The summed E-state index contributed by atoms with van der Waals surface area (Å²) in [7, 11) is -3.16. The summed E-state index contributed by atoms with van der Waals surface area (Å²) in [4.78, 5) is 8.99. The first-order chi connectivity index (χ1) is 8.93. The summed E-state index contributed by atoms with van der Waals surface area (Å²) in [6.07, 6.45) is 4.05. The molecule has 0 saturated carbocycles. The van der Waals surface area contributed by atoms with Crippen LogP contribution in [0.2, 0.25) is 0 Å². The molecular weight excluding hydrogens is 262 g/mol. The topological polar surface area (TPSA) is 72.0 Å². The van der Waals surface area contributed by atoms with Crippen LogP contribution in [0.25, 0.3) is 0 Å². The Bertz CT molecular complexity index is 569. The Hall–Kier alpha value is -1.01. The third-order valence-corrected chi connectivity index (χ3v) is 5.03. The van der Waals surface area contributed by atoms with E-state index in [1.54, 1.807) is 6.92 Å². The molecule has 2 heterocycles. The summed E-state index contributed by atoms with van der Waals surface area (Å²) < 4.78 is 23.3. The van der Waals surface area contributed by atoms with Crippen LogP contribution in [-0.2, 0) is 29.2 Å². The monoisotopic (exact) mass is 283 g/mol. The van der Waals surface area contributed by atoms with E-state index in [1.165, 1.54) is 11.8 Å². The summed E-state index contributed by atoms with van der Waals surface area (Å²) in [5, 5.41) is 2.63. The lowest BCUT2D eigenvalue weighted by Gasteiger charge is -2.21. The molecule has 1 aromatic rings. The van der Waals surface area contributed by atoms with Gasteiger partial charge >= 0.3 is 0 Å². The van der Waals surface area contributed by atoms with Gasteiger partial charge in [0.25, 0.3) is 0 Å². The van der Waals surface area contributed by atoms with Gasteiger partial charge in [-0.25, -0.2) is 18.4 Å². The molecule has 1 unspecified atom stereocenters. The molecule has 0 bridgehead atoms. The number of aromatic nitrogens is 2. The van der Waals surface area contributed by atoms with Crippen molar-refractivity contribution in [3.05, 3.63) is 22.8 Å². The van der Waals surface area contributed by atoms with E-state index >= 15 is 0 Å². The maximum atomic E-state index is 11.7. The smallest absolute Gasteiger partial charge is 0.157 e. The zero-order chi connectivity index (χ0) is 14.0. The number of sulfone groups is 1. The lowest BCUT2D eigenvalue weighted by atomic mass is 10.0. The Labute approximate surface area is 114 Å². The van der Waals surface area contributed by atoms with Crippen molar-refractivity contribution in [2.24, 2.45) is 0 Å². The van der Waals surface area contributed by atoms with Gasteiger partial charge in [-0.2, -0.15) is 0 Å².